The van der Waals surface area contributed by atoms with Crippen molar-refractivity contribution < 1.29 is 19.5 Å². The van der Waals surface area contributed by atoms with Crippen LogP contribution in [-0.2, 0) is 14.4 Å². The van der Waals surface area contributed by atoms with Crippen molar-refractivity contribution in [2.24, 2.45) is 0 Å². The lowest BCUT2D eigenvalue weighted by molar-refractivity contribution is -0.140. The van der Waals surface area contributed by atoms with E-state index in [1.807, 2.05) is 0 Å². The summed E-state index contributed by atoms with van der Waals surface area (Å²) in [5, 5.41) is 11.3. The normalized spacial score (nSPS) is 17.4. The summed E-state index contributed by atoms with van der Waals surface area (Å²) < 4.78 is 0. The van der Waals surface area contributed by atoms with Gasteiger partial charge in [-0.1, -0.05) is 0 Å². The number of carboxylic acids is 1. The van der Waals surface area contributed by atoms with E-state index in [1.54, 1.807) is 9.80 Å². The Balaban J connectivity index is 2.32. The number of carbonyl (C=O) groups is 3. The number of carboxylic acid groups (broad SMARTS) is 1. The highest BCUT2D eigenvalue weighted by Crippen LogP contribution is 2.02. The molecule has 1 rings (SSSR count). The van der Waals surface area contributed by atoms with Gasteiger partial charge in [-0.3, -0.25) is 19.7 Å². The molecule has 1 saturated heterocycles. The summed E-state index contributed by atoms with van der Waals surface area (Å²) in [5.74, 6) is -1.10. The molecular formula is C11H19N3O4. The summed E-state index contributed by atoms with van der Waals surface area (Å²) in [6, 6.07) is -0.743. The van der Waals surface area contributed by atoms with Gasteiger partial charge in [-0.05, 0) is 6.92 Å². The standard InChI is InChI=1S/C11H19N3O4/c1-8(11(17)18)12-7-10(16)14-5-3-13(4-6-14)9(2)15/h8,12H,3-7H2,1-2H3,(H,17,18)/t8-/m1/s1. The Hall–Kier alpha value is -1.63. The molecular weight excluding hydrogens is 238 g/mol. The molecule has 1 aliphatic heterocycles. The first-order valence-corrected chi connectivity index (χ1v) is 5.91. The van der Waals surface area contributed by atoms with Crippen LogP contribution in [0.4, 0.5) is 0 Å². The lowest BCUT2D eigenvalue weighted by Gasteiger charge is -2.34. The molecule has 2 N–H and O–H groups in total. The zero-order chi connectivity index (χ0) is 13.7. The average molecular weight is 257 g/mol. The molecule has 0 aliphatic carbocycles. The SMILES string of the molecule is CC(=O)N1CCN(C(=O)CN[C@H](C)C(=O)O)CC1. The predicted molar refractivity (Wildman–Crippen MR) is 63.9 cm³/mol. The van der Waals surface area contributed by atoms with Crippen LogP contribution in [0.3, 0.4) is 0 Å². The van der Waals surface area contributed by atoms with Crippen molar-refractivity contribution in [3.8, 4) is 0 Å². The third kappa shape index (κ3) is 3.99. The van der Waals surface area contributed by atoms with Gasteiger partial charge in [0.2, 0.25) is 11.8 Å². The second kappa shape index (κ2) is 6.34. The number of aliphatic carboxylic acids is 1. The Morgan fingerprint density at radius 1 is 1.17 bits per heavy atom. The van der Waals surface area contributed by atoms with E-state index >= 15 is 0 Å². The molecule has 0 unspecified atom stereocenters. The fourth-order valence-electron chi connectivity index (χ4n) is 1.71. The van der Waals surface area contributed by atoms with E-state index in [2.05, 4.69) is 5.32 Å². The average Bonchev–Trinajstić information content (AvgIpc) is 2.35. The van der Waals surface area contributed by atoms with Crippen LogP contribution < -0.4 is 5.32 Å². The summed E-state index contributed by atoms with van der Waals surface area (Å²) in [4.78, 5) is 36.8. The first-order chi connectivity index (χ1) is 8.41. The van der Waals surface area contributed by atoms with Crippen LogP contribution in [0.1, 0.15) is 13.8 Å². The number of piperazine rings is 1. The summed E-state index contributed by atoms with van der Waals surface area (Å²) in [6.07, 6.45) is 0. The topological polar surface area (TPSA) is 90.0 Å². The maximum Gasteiger partial charge on any atom is 0.320 e. The van der Waals surface area contributed by atoms with Gasteiger partial charge in [0, 0.05) is 33.1 Å². The number of hydrogen-bond acceptors (Lipinski definition) is 4. The fraction of sp³-hybridized carbons (Fsp3) is 0.727. The second-order valence-electron chi connectivity index (χ2n) is 4.33. The maximum absolute atomic E-state index is 11.8. The van der Waals surface area contributed by atoms with Gasteiger partial charge in [0.15, 0.2) is 0 Å². The van der Waals surface area contributed by atoms with Crippen LogP contribution in [0, 0.1) is 0 Å². The molecule has 0 aromatic heterocycles. The highest BCUT2D eigenvalue weighted by Gasteiger charge is 2.22. The van der Waals surface area contributed by atoms with Crippen LogP contribution in [-0.4, -0.2) is 71.5 Å². The first-order valence-electron chi connectivity index (χ1n) is 5.91. The van der Waals surface area contributed by atoms with Crippen molar-refractivity contribution in [2.75, 3.05) is 32.7 Å². The van der Waals surface area contributed by atoms with Gasteiger partial charge in [0.1, 0.15) is 6.04 Å². The van der Waals surface area contributed by atoms with Crippen LogP contribution in [0.15, 0.2) is 0 Å². The molecule has 1 fully saturated rings. The van der Waals surface area contributed by atoms with E-state index in [1.165, 1.54) is 13.8 Å². The van der Waals surface area contributed by atoms with Crippen molar-refractivity contribution in [1.82, 2.24) is 15.1 Å². The molecule has 7 nitrogen and oxygen atoms in total. The smallest absolute Gasteiger partial charge is 0.320 e. The van der Waals surface area contributed by atoms with Crippen molar-refractivity contribution in [1.29, 1.82) is 0 Å². The number of nitrogens with zero attached hydrogens (tertiary/aromatic N) is 2. The predicted octanol–water partition coefficient (Wildman–Crippen LogP) is -1.26. The quantitative estimate of drug-likeness (QED) is 0.656. The Labute approximate surface area is 106 Å². The molecule has 0 saturated carbocycles. The van der Waals surface area contributed by atoms with Crippen molar-refractivity contribution >= 4 is 17.8 Å². The molecule has 0 bridgehead atoms. The number of amides is 2. The van der Waals surface area contributed by atoms with Crippen molar-refractivity contribution in [2.45, 2.75) is 19.9 Å². The number of hydrogen-bond donors (Lipinski definition) is 2. The summed E-state index contributed by atoms with van der Waals surface area (Å²) in [7, 11) is 0. The van der Waals surface area contributed by atoms with E-state index in [0.29, 0.717) is 26.2 Å². The van der Waals surface area contributed by atoms with Crippen molar-refractivity contribution in [3.63, 3.8) is 0 Å². The van der Waals surface area contributed by atoms with Gasteiger partial charge in [-0.15, -0.1) is 0 Å². The molecule has 0 aromatic carbocycles. The van der Waals surface area contributed by atoms with Crippen LogP contribution in [0.2, 0.25) is 0 Å². The third-order valence-electron chi connectivity index (χ3n) is 3.01. The zero-order valence-electron chi connectivity index (χ0n) is 10.7. The Morgan fingerprint density at radius 2 is 1.67 bits per heavy atom. The Kier molecular flexibility index (Phi) is 5.08. The molecule has 0 spiro atoms. The summed E-state index contributed by atoms with van der Waals surface area (Å²) >= 11 is 0. The third-order valence-corrected chi connectivity index (χ3v) is 3.01. The van der Waals surface area contributed by atoms with Gasteiger partial charge >= 0.3 is 5.97 Å². The van der Waals surface area contributed by atoms with Gasteiger partial charge in [-0.2, -0.15) is 0 Å². The van der Waals surface area contributed by atoms with Gasteiger partial charge in [-0.25, -0.2) is 0 Å². The Bertz CT molecular complexity index is 337. The van der Waals surface area contributed by atoms with Gasteiger partial charge < -0.3 is 14.9 Å². The number of carbonyl (C=O) groups excluding carboxylic acids is 2. The molecule has 0 radical (unpaired) electrons. The summed E-state index contributed by atoms with van der Waals surface area (Å²) in [6.45, 7) is 5.08. The minimum atomic E-state index is -0.982. The van der Waals surface area contributed by atoms with E-state index in [9.17, 15) is 14.4 Å². The number of rotatable bonds is 4. The van der Waals surface area contributed by atoms with E-state index in [4.69, 9.17) is 5.11 Å². The maximum atomic E-state index is 11.8. The van der Waals surface area contributed by atoms with Gasteiger partial charge in [0.25, 0.3) is 0 Å². The molecule has 2 amide bonds. The monoisotopic (exact) mass is 257 g/mol. The van der Waals surface area contributed by atoms with Gasteiger partial charge in [0.05, 0.1) is 6.54 Å². The zero-order valence-corrected chi connectivity index (χ0v) is 10.7. The van der Waals surface area contributed by atoms with Crippen LogP contribution >= 0.6 is 0 Å². The highest BCUT2D eigenvalue weighted by molar-refractivity contribution is 5.80. The van der Waals surface area contributed by atoms with E-state index in [-0.39, 0.29) is 18.4 Å². The van der Waals surface area contributed by atoms with Crippen molar-refractivity contribution in [3.05, 3.63) is 0 Å². The van der Waals surface area contributed by atoms with Crippen LogP contribution in [0.5, 0.6) is 0 Å². The number of nitrogens with one attached hydrogen (secondary N) is 1. The van der Waals surface area contributed by atoms with Crippen LogP contribution in [0.25, 0.3) is 0 Å². The fourth-order valence-corrected chi connectivity index (χ4v) is 1.71. The second-order valence-corrected chi connectivity index (χ2v) is 4.33. The molecule has 18 heavy (non-hydrogen) atoms. The molecule has 102 valence electrons. The first kappa shape index (κ1) is 14.4. The molecule has 1 heterocycles. The summed E-state index contributed by atoms with van der Waals surface area (Å²) in [5.41, 5.74) is 0. The molecule has 7 heteroatoms. The molecule has 0 aromatic rings. The minimum absolute atomic E-state index is 0.00748. The highest BCUT2D eigenvalue weighted by atomic mass is 16.4. The lowest BCUT2D eigenvalue weighted by Crippen LogP contribution is -2.52. The lowest BCUT2D eigenvalue weighted by atomic mass is 10.3. The minimum Gasteiger partial charge on any atom is -0.480 e. The molecule has 1 atom stereocenters. The molecule has 1 aliphatic rings. The van der Waals surface area contributed by atoms with E-state index in [0.717, 1.165) is 0 Å². The largest absolute Gasteiger partial charge is 0.480 e. The van der Waals surface area contributed by atoms with E-state index < -0.39 is 12.0 Å². The Morgan fingerprint density at radius 3 is 2.11 bits per heavy atom.